The highest BCUT2D eigenvalue weighted by Gasteiger charge is 2.31. The van der Waals surface area contributed by atoms with Crippen molar-refractivity contribution in [3.05, 3.63) is 21.8 Å². The Balaban J connectivity index is 1.97. The van der Waals surface area contributed by atoms with Gasteiger partial charge in [-0.15, -0.1) is 11.3 Å². The molecule has 3 rings (SSSR count). The third-order valence-corrected chi connectivity index (χ3v) is 4.65. The second kappa shape index (κ2) is 4.17. The average Bonchev–Trinajstić information content (AvgIpc) is 3.02. The molecular formula is C13H18N4S. The molecular weight excluding hydrogens is 244 g/mol. The Kier molecular flexibility index (Phi) is 2.75. The van der Waals surface area contributed by atoms with E-state index in [-0.39, 0.29) is 6.04 Å². The first kappa shape index (κ1) is 11.9. The quantitative estimate of drug-likeness (QED) is 0.925. The van der Waals surface area contributed by atoms with Crippen molar-refractivity contribution >= 4 is 11.3 Å². The molecule has 0 spiro atoms. The lowest BCUT2D eigenvalue weighted by atomic mass is 10.1. The average molecular weight is 262 g/mol. The highest BCUT2D eigenvalue weighted by atomic mass is 32.1. The molecule has 1 unspecified atom stereocenters. The maximum absolute atomic E-state index is 6.20. The van der Waals surface area contributed by atoms with Crippen LogP contribution in [0.5, 0.6) is 0 Å². The van der Waals surface area contributed by atoms with Gasteiger partial charge >= 0.3 is 0 Å². The molecule has 0 saturated heterocycles. The monoisotopic (exact) mass is 262 g/mol. The minimum absolute atomic E-state index is 0.126. The van der Waals surface area contributed by atoms with Crippen LogP contribution in [0, 0.1) is 19.8 Å². The van der Waals surface area contributed by atoms with Gasteiger partial charge in [0.2, 0.25) is 0 Å². The van der Waals surface area contributed by atoms with E-state index >= 15 is 0 Å². The Labute approximate surface area is 111 Å². The lowest BCUT2D eigenvalue weighted by Gasteiger charge is -2.04. The van der Waals surface area contributed by atoms with Crippen molar-refractivity contribution < 1.29 is 0 Å². The van der Waals surface area contributed by atoms with E-state index in [0.29, 0.717) is 5.92 Å². The molecule has 1 saturated carbocycles. The summed E-state index contributed by atoms with van der Waals surface area (Å²) in [5.41, 5.74) is 10.6. The lowest BCUT2D eigenvalue weighted by Crippen LogP contribution is -2.11. The predicted octanol–water partition coefficient (Wildman–Crippen LogP) is 2.57. The van der Waals surface area contributed by atoms with Crippen LogP contribution in [0.3, 0.4) is 0 Å². The minimum Gasteiger partial charge on any atom is -0.322 e. The predicted molar refractivity (Wildman–Crippen MR) is 73.4 cm³/mol. The summed E-state index contributed by atoms with van der Waals surface area (Å²) in [5, 5.41) is 7.61. The van der Waals surface area contributed by atoms with E-state index in [0.717, 1.165) is 27.7 Å². The summed E-state index contributed by atoms with van der Waals surface area (Å²) in [5.74, 6) is 0.653. The maximum Gasteiger partial charge on any atom is 0.110 e. The fraction of sp³-hybridized carbons (Fsp3) is 0.538. The Bertz CT molecular complexity index is 580. The number of hydrogen-bond donors (Lipinski definition) is 1. The zero-order valence-corrected chi connectivity index (χ0v) is 11.8. The number of thiazole rings is 1. The van der Waals surface area contributed by atoms with Crippen molar-refractivity contribution in [1.29, 1.82) is 0 Å². The first-order chi connectivity index (χ1) is 8.58. The van der Waals surface area contributed by atoms with Crippen molar-refractivity contribution in [1.82, 2.24) is 14.8 Å². The number of rotatable bonds is 3. The number of aromatic nitrogens is 3. The summed E-state index contributed by atoms with van der Waals surface area (Å²) in [7, 11) is 1.97. The molecule has 2 aromatic rings. The molecule has 0 amide bonds. The number of aryl methyl sites for hydroxylation is 2. The zero-order chi connectivity index (χ0) is 12.9. The SMILES string of the molecule is Cc1nn(C)c(C)c1-c1csc(C(N)C2CC2)n1. The zero-order valence-electron chi connectivity index (χ0n) is 11.0. The van der Waals surface area contributed by atoms with Gasteiger partial charge in [0, 0.05) is 23.7 Å². The molecule has 5 heteroatoms. The van der Waals surface area contributed by atoms with Crippen LogP contribution >= 0.6 is 11.3 Å². The van der Waals surface area contributed by atoms with E-state index in [2.05, 4.69) is 17.4 Å². The Morgan fingerprint density at radius 3 is 2.72 bits per heavy atom. The van der Waals surface area contributed by atoms with Gasteiger partial charge in [0.05, 0.1) is 17.4 Å². The van der Waals surface area contributed by atoms with Crippen LogP contribution < -0.4 is 5.73 Å². The third-order valence-electron chi connectivity index (χ3n) is 3.70. The van der Waals surface area contributed by atoms with Crippen LogP contribution in [0.2, 0.25) is 0 Å². The first-order valence-electron chi connectivity index (χ1n) is 6.29. The normalized spacial score (nSPS) is 17.1. The second-order valence-corrected chi connectivity index (χ2v) is 5.99. The standard InChI is InChI=1S/C13H18N4S/c1-7-11(8(2)17(3)16-7)10-6-18-13(15-10)12(14)9-4-5-9/h6,9,12H,4-5,14H2,1-3H3. The topological polar surface area (TPSA) is 56.7 Å². The Hall–Kier alpha value is -1.20. The van der Waals surface area contributed by atoms with Crippen molar-refractivity contribution in [2.24, 2.45) is 18.7 Å². The van der Waals surface area contributed by atoms with E-state index in [1.54, 1.807) is 11.3 Å². The number of nitrogens with zero attached hydrogens (tertiary/aromatic N) is 3. The lowest BCUT2D eigenvalue weighted by molar-refractivity contribution is 0.629. The van der Waals surface area contributed by atoms with Crippen LogP contribution in [0.4, 0.5) is 0 Å². The molecule has 1 aliphatic rings. The molecule has 0 aromatic carbocycles. The molecule has 2 heterocycles. The summed E-state index contributed by atoms with van der Waals surface area (Å²) in [6, 6.07) is 0.126. The van der Waals surface area contributed by atoms with E-state index in [9.17, 15) is 0 Å². The smallest absolute Gasteiger partial charge is 0.110 e. The van der Waals surface area contributed by atoms with Gasteiger partial charge in [-0.2, -0.15) is 5.10 Å². The van der Waals surface area contributed by atoms with Crippen molar-refractivity contribution in [2.45, 2.75) is 32.7 Å². The highest BCUT2D eigenvalue weighted by molar-refractivity contribution is 7.10. The second-order valence-electron chi connectivity index (χ2n) is 5.10. The molecule has 1 atom stereocenters. The molecule has 4 nitrogen and oxygen atoms in total. The van der Waals surface area contributed by atoms with Crippen molar-refractivity contribution in [3.63, 3.8) is 0 Å². The van der Waals surface area contributed by atoms with Gasteiger partial charge in [-0.1, -0.05) is 0 Å². The van der Waals surface area contributed by atoms with Gasteiger partial charge in [0.25, 0.3) is 0 Å². The fourth-order valence-electron chi connectivity index (χ4n) is 2.36. The molecule has 18 heavy (non-hydrogen) atoms. The Morgan fingerprint density at radius 1 is 1.44 bits per heavy atom. The van der Waals surface area contributed by atoms with Crippen LogP contribution in [-0.4, -0.2) is 14.8 Å². The maximum atomic E-state index is 6.20. The van der Waals surface area contributed by atoms with Gasteiger partial charge in [-0.05, 0) is 32.6 Å². The molecule has 2 N–H and O–H groups in total. The summed E-state index contributed by atoms with van der Waals surface area (Å²) in [6.07, 6.45) is 2.50. The molecule has 0 radical (unpaired) electrons. The van der Waals surface area contributed by atoms with Crippen LogP contribution in [0.25, 0.3) is 11.3 Å². The molecule has 2 aromatic heterocycles. The summed E-state index contributed by atoms with van der Waals surface area (Å²) in [6.45, 7) is 4.11. The summed E-state index contributed by atoms with van der Waals surface area (Å²) in [4.78, 5) is 4.72. The first-order valence-corrected chi connectivity index (χ1v) is 7.17. The van der Waals surface area contributed by atoms with Gasteiger partial charge in [-0.3, -0.25) is 4.68 Å². The third kappa shape index (κ3) is 1.87. The number of nitrogens with two attached hydrogens (primary N) is 1. The number of hydrogen-bond acceptors (Lipinski definition) is 4. The van der Waals surface area contributed by atoms with Gasteiger partial charge in [0.15, 0.2) is 0 Å². The highest BCUT2D eigenvalue weighted by Crippen LogP contribution is 2.41. The largest absolute Gasteiger partial charge is 0.322 e. The molecule has 1 fully saturated rings. The summed E-state index contributed by atoms with van der Waals surface area (Å²) < 4.78 is 1.91. The molecule has 1 aliphatic carbocycles. The summed E-state index contributed by atoms with van der Waals surface area (Å²) >= 11 is 1.67. The van der Waals surface area contributed by atoms with E-state index < -0.39 is 0 Å². The van der Waals surface area contributed by atoms with Crippen molar-refractivity contribution in [3.8, 4) is 11.3 Å². The van der Waals surface area contributed by atoms with Crippen LogP contribution in [-0.2, 0) is 7.05 Å². The van der Waals surface area contributed by atoms with Gasteiger partial charge in [-0.25, -0.2) is 4.98 Å². The van der Waals surface area contributed by atoms with Gasteiger partial charge in [0.1, 0.15) is 5.01 Å². The van der Waals surface area contributed by atoms with Crippen LogP contribution in [0.1, 0.15) is 35.3 Å². The fourth-order valence-corrected chi connectivity index (χ4v) is 3.26. The van der Waals surface area contributed by atoms with E-state index in [4.69, 9.17) is 10.7 Å². The van der Waals surface area contributed by atoms with Crippen molar-refractivity contribution in [2.75, 3.05) is 0 Å². The molecule has 0 aliphatic heterocycles. The van der Waals surface area contributed by atoms with E-state index in [1.165, 1.54) is 12.8 Å². The molecule has 96 valence electrons. The Morgan fingerprint density at radius 2 is 2.17 bits per heavy atom. The van der Waals surface area contributed by atoms with Crippen LogP contribution in [0.15, 0.2) is 5.38 Å². The van der Waals surface area contributed by atoms with Gasteiger partial charge < -0.3 is 5.73 Å². The minimum atomic E-state index is 0.126. The molecule has 0 bridgehead atoms. The van der Waals surface area contributed by atoms with E-state index in [1.807, 2.05) is 18.7 Å².